The predicted octanol–water partition coefficient (Wildman–Crippen LogP) is 2.14. The molecule has 2 aromatic rings. The highest BCUT2D eigenvalue weighted by molar-refractivity contribution is 5.31. The smallest absolute Gasteiger partial charge is 0.392 e. The number of aliphatic hydroxyl groups excluding tert-OH is 1. The monoisotopic (exact) mass is 276 g/mol. The van der Waals surface area contributed by atoms with E-state index in [0.29, 0.717) is 12.3 Å². The van der Waals surface area contributed by atoms with Crippen LogP contribution in [-0.2, 0) is 13.0 Å². The second-order valence-electron chi connectivity index (χ2n) is 5.07. The van der Waals surface area contributed by atoms with Crippen molar-refractivity contribution in [3.8, 4) is 0 Å². The summed E-state index contributed by atoms with van der Waals surface area (Å²) in [6.45, 7) is 6.04. The molecule has 0 saturated heterocycles. The number of benzene rings is 1. The predicted molar refractivity (Wildman–Crippen MR) is 75.6 cm³/mol. The minimum atomic E-state index is -0.770. The standard InChI is InChI=1S/C15H20N2O3/c1-4-5-14-16-17(15(19)20-14)9-13(18)12-7-6-10(2)8-11(12)3/h6-8,13,18H,4-5,9H2,1-3H3/t13-/m1/s1. The van der Waals surface area contributed by atoms with E-state index >= 15 is 0 Å². The van der Waals surface area contributed by atoms with Gasteiger partial charge < -0.3 is 9.52 Å². The van der Waals surface area contributed by atoms with Crippen molar-refractivity contribution in [2.24, 2.45) is 0 Å². The second kappa shape index (κ2) is 6.05. The zero-order chi connectivity index (χ0) is 14.7. The number of aromatic nitrogens is 2. The summed E-state index contributed by atoms with van der Waals surface area (Å²) in [6.07, 6.45) is 0.717. The average molecular weight is 276 g/mol. The largest absolute Gasteiger partial charge is 0.437 e. The van der Waals surface area contributed by atoms with E-state index in [4.69, 9.17) is 4.42 Å². The van der Waals surface area contributed by atoms with Crippen LogP contribution < -0.4 is 5.76 Å². The molecule has 1 atom stereocenters. The molecule has 0 spiro atoms. The molecule has 0 aliphatic carbocycles. The van der Waals surface area contributed by atoms with Crippen molar-refractivity contribution >= 4 is 0 Å². The fourth-order valence-corrected chi connectivity index (χ4v) is 2.24. The van der Waals surface area contributed by atoms with E-state index in [0.717, 1.165) is 23.1 Å². The molecule has 0 fully saturated rings. The van der Waals surface area contributed by atoms with Gasteiger partial charge in [0.25, 0.3) is 0 Å². The second-order valence-corrected chi connectivity index (χ2v) is 5.07. The van der Waals surface area contributed by atoms with Gasteiger partial charge in [-0.1, -0.05) is 30.7 Å². The van der Waals surface area contributed by atoms with E-state index in [9.17, 15) is 9.90 Å². The van der Waals surface area contributed by atoms with Crippen molar-refractivity contribution in [3.05, 3.63) is 51.3 Å². The highest BCUT2D eigenvalue weighted by Gasteiger charge is 2.15. The van der Waals surface area contributed by atoms with Crippen LogP contribution in [0.25, 0.3) is 0 Å². The van der Waals surface area contributed by atoms with E-state index in [2.05, 4.69) is 5.10 Å². The molecule has 0 amide bonds. The Labute approximate surface area is 117 Å². The van der Waals surface area contributed by atoms with Crippen LogP contribution in [0.1, 0.15) is 42.0 Å². The lowest BCUT2D eigenvalue weighted by molar-refractivity contribution is 0.148. The molecule has 1 heterocycles. The van der Waals surface area contributed by atoms with Crippen molar-refractivity contribution in [1.29, 1.82) is 0 Å². The topological polar surface area (TPSA) is 68.3 Å². The molecule has 5 nitrogen and oxygen atoms in total. The zero-order valence-electron chi connectivity index (χ0n) is 12.1. The number of aryl methyl sites for hydroxylation is 3. The molecular formula is C15H20N2O3. The first kappa shape index (κ1) is 14.5. The van der Waals surface area contributed by atoms with Crippen LogP contribution in [0.4, 0.5) is 0 Å². The Morgan fingerprint density at radius 2 is 2.15 bits per heavy atom. The molecule has 0 aliphatic heterocycles. The molecule has 0 unspecified atom stereocenters. The van der Waals surface area contributed by atoms with E-state index in [1.54, 1.807) is 0 Å². The average Bonchev–Trinajstić information content (AvgIpc) is 2.70. The van der Waals surface area contributed by atoms with Crippen molar-refractivity contribution in [3.63, 3.8) is 0 Å². The van der Waals surface area contributed by atoms with Crippen molar-refractivity contribution in [2.45, 2.75) is 46.3 Å². The van der Waals surface area contributed by atoms with Crippen LogP contribution in [0.5, 0.6) is 0 Å². The van der Waals surface area contributed by atoms with E-state index in [-0.39, 0.29) is 6.54 Å². The molecule has 0 aliphatic rings. The fraction of sp³-hybridized carbons (Fsp3) is 0.467. The number of hydrogen-bond donors (Lipinski definition) is 1. The van der Waals surface area contributed by atoms with Gasteiger partial charge >= 0.3 is 5.76 Å². The molecule has 0 bridgehead atoms. The molecule has 0 saturated carbocycles. The number of rotatable bonds is 5. The van der Waals surface area contributed by atoms with Gasteiger partial charge in [-0.05, 0) is 31.4 Å². The molecule has 5 heteroatoms. The van der Waals surface area contributed by atoms with Gasteiger partial charge in [0.2, 0.25) is 5.89 Å². The van der Waals surface area contributed by atoms with E-state index < -0.39 is 11.9 Å². The fourth-order valence-electron chi connectivity index (χ4n) is 2.24. The Morgan fingerprint density at radius 3 is 2.80 bits per heavy atom. The Kier molecular flexibility index (Phi) is 4.39. The minimum Gasteiger partial charge on any atom is -0.392 e. The van der Waals surface area contributed by atoms with Gasteiger partial charge in [0, 0.05) is 6.42 Å². The summed E-state index contributed by atoms with van der Waals surface area (Å²) in [4.78, 5) is 11.6. The molecule has 0 radical (unpaired) electrons. The highest BCUT2D eigenvalue weighted by Crippen LogP contribution is 2.19. The Hall–Kier alpha value is -1.88. The van der Waals surface area contributed by atoms with Gasteiger partial charge in [0.15, 0.2) is 0 Å². The summed E-state index contributed by atoms with van der Waals surface area (Å²) in [6, 6.07) is 5.83. The first-order valence-electron chi connectivity index (χ1n) is 6.83. The number of hydrogen-bond acceptors (Lipinski definition) is 4. The lowest BCUT2D eigenvalue weighted by Crippen LogP contribution is -2.20. The van der Waals surface area contributed by atoms with Crippen LogP contribution in [0.2, 0.25) is 0 Å². The first-order valence-corrected chi connectivity index (χ1v) is 6.83. The van der Waals surface area contributed by atoms with Crippen molar-refractivity contribution in [1.82, 2.24) is 9.78 Å². The Morgan fingerprint density at radius 1 is 1.40 bits per heavy atom. The quantitative estimate of drug-likeness (QED) is 0.908. The summed E-state index contributed by atoms with van der Waals surface area (Å²) >= 11 is 0. The Balaban J connectivity index is 2.18. The summed E-state index contributed by atoms with van der Waals surface area (Å²) in [5, 5.41) is 14.4. The summed E-state index contributed by atoms with van der Waals surface area (Å²) in [5.74, 6) is -0.0948. The van der Waals surface area contributed by atoms with Crippen molar-refractivity contribution < 1.29 is 9.52 Å². The van der Waals surface area contributed by atoms with Crippen LogP contribution in [0.3, 0.4) is 0 Å². The summed E-state index contributed by atoms with van der Waals surface area (Å²) in [5.41, 5.74) is 2.95. The molecule has 2 rings (SSSR count). The third-order valence-electron chi connectivity index (χ3n) is 3.24. The maximum Gasteiger partial charge on any atom is 0.437 e. The highest BCUT2D eigenvalue weighted by atomic mass is 16.4. The summed E-state index contributed by atoms with van der Waals surface area (Å²) < 4.78 is 6.22. The van der Waals surface area contributed by atoms with Crippen LogP contribution in [0.15, 0.2) is 27.4 Å². The maximum atomic E-state index is 11.6. The van der Waals surface area contributed by atoms with Gasteiger partial charge in [-0.3, -0.25) is 0 Å². The molecule has 1 N–H and O–H groups in total. The minimum absolute atomic E-state index is 0.107. The van der Waals surface area contributed by atoms with Crippen LogP contribution in [0, 0.1) is 13.8 Å². The molecule has 20 heavy (non-hydrogen) atoms. The first-order chi connectivity index (χ1) is 9.51. The van der Waals surface area contributed by atoms with E-state index in [1.807, 2.05) is 39.0 Å². The zero-order valence-corrected chi connectivity index (χ0v) is 12.1. The molecular weight excluding hydrogens is 256 g/mol. The van der Waals surface area contributed by atoms with Gasteiger partial charge in [-0.15, -0.1) is 5.10 Å². The van der Waals surface area contributed by atoms with Gasteiger partial charge in [0.1, 0.15) is 0 Å². The van der Waals surface area contributed by atoms with Crippen LogP contribution >= 0.6 is 0 Å². The lowest BCUT2D eigenvalue weighted by Gasteiger charge is -2.13. The van der Waals surface area contributed by atoms with Gasteiger partial charge in [-0.2, -0.15) is 4.68 Å². The SMILES string of the molecule is CCCc1nn(C[C@@H](O)c2ccc(C)cc2C)c(=O)o1. The third kappa shape index (κ3) is 3.17. The molecule has 1 aromatic carbocycles. The number of nitrogens with zero attached hydrogens (tertiary/aromatic N) is 2. The third-order valence-corrected chi connectivity index (χ3v) is 3.24. The number of aliphatic hydroxyl groups is 1. The van der Waals surface area contributed by atoms with E-state index in [1.165, 1.54) is 4.68 Å². The van der Waals surface area contributed by atoms with Gasteiger partial charge in [-0.25, -0.2) is 4.79 Å². The van der Waals surface area contributed by atoms with Gasteiger partial charge in [0.05, 0.1) is 12.6 Å². The lowest BCUT2D eigenvalue weighted by atomic mass is 10.0. The van der Waals surface area contributed by atoms with Crippen molar-refractivity contribution in [2.75, 3.05) is 0 Å². The Bertz CT molecular complexity index is 643. The normalized spacial score (nSPS) is 12.6. The molecule has 1 aromatic heterocycles. The summed E-state index contributed by atoms with van der Waals surface area (Å²) in [7, 11) is 0. The van der Waals surface area contributed by atoms with Crippen LogP contribution in [-0.4, -0.2) is 14.9 Å². The maximum absolute atomic E-state index is 11.6. The molecule has 108 valence electrons.